The van der Waals surface area contributed by atoms with Crippen LogP contribution in [0.15, 0.2) is 24.5 Å². The highest BCUT2D eigenvalue weighted by Gasteiger charge is 2.23. The van der Waals surface area contributed by atoms with E-state index < -0.39 is 0 Å². The third kappa shape index (κ3) is 2.63. The molecule has 0 aliphatic carbocycles. The Morgan fingerprint density at radius 3 is 2.74 bits per heavy atom. The van der Waals surface area contributed by atoms with Crippen molar-refractivity contribution in [2.24, 2.45) is 0 Å². The molecular formula is C15H20ClN3. The molecule has 1 saturated heterocycles. The van der Waals surface area contributed by atoms with Crippen molar-refractivity contribution in [1.82, 2.24) is 14.3 Å². The van der Waals surface area contributed by atoms with Crippen LogP contribution >= 0.6 is 11.6 Å². The van der Waals surface area contributed by atoms with Crippen molar-refractivity contribution in [2.45, 2.75) is 38.6 Å². The van der Waals surface area contributed by atoms with E-state index in [0.29, 0.717) is 12.0 Å². The van der Waals surface area contributed by atoms with Crippen molar-refractivity contribution in [3.63, 3.8) is 0 Å². The van der Waals surface area contributed by atoms with Gasteiger partial charge in [0.05, 0.1) is 5.69 Å². The Labute approximate surface area is 119 Å². The molecule has 0 bridgehead atoms. The molecule has 1 fully saturated rings. The lowest BCUT2D eigenvalue weighted by Crippen LogP contribution is -2.37. The number of aromatic nitrogens is 2. The molecule has 19 heavy (non-hydrogen) atoms. The fourth-order valence-electron chi connectivity index (χ4n) is 2.88. The van der Waals surface area contributed by atoms with E-state index in [9.17, 15) is 0 Å². The number of fused-ring (bicyclic) bond motifs is 1. The van der Waals surface area contributed by atoms with Gasteiger partial charge in [0.1, 0.15) is 5.65 Å². The summed E-state index contributed by atoms with van der Waals surface area (Å²) in [6.07, 6.45) is 6.55. The highest BCUT2D eigenvalue weighted by atomic mass is 35.5. The van der Waals surface area contributed by atoms with Crippen LogP contribution in [0.1, 0.15) is 38.3 Å². The average Bonchev–Trinajstić information content (AvgIpc) is 2.81. The molecule has 2 aromatic rings. The molecule has 3 nitrogen and oxygen atoms in total. The summed E-state index contributed by atoms with van der Waals surface area (Å²) in [5.74, 6) is 0.591. The molecule has 1 aliphatic heterocycles. The van der Waals surface area contributed by atoms with Crippen molar-refractivity contribution in [3.8, 4) is 0 Å². The van der Waals surface area contributed by atoms with Crippen LogP contribution in [-0.4, -0.2) is 33.4 Å². The van der Waals surface area contributed by atoms with Crippen LogP contribution < -0.4 is 0 Å². The van der Waals surface area contributed by atoms with Gasteiger partial charge in [-0.1, -0.05) is 11.6 Å². The molecule has 0 saturated carbocycles. The summed E-state index contributed by atoms with van der Waals surface area (Å²) in [6.45, 7) is 6.90. The smallest absolute Gasteiger partial charge is 0.138 e. The summed E-state index contributed by atoms with van der Waals surface area (Å²) < 4.78 is 2.07. The summed E-state index contributed by atoms with van der Waals surface area (Å²) in [7, 11) is 0. The monoisotopic (exact) mass is 277 g/mol. The Bertz CT molecular complexity index is 568. The predicted molar refractivity (Wildman–Crippen MR) is 78.9 cm³/mol. The van der Waals surface area contributed by atoms with E-state index in [1.54, 1.807) is 0 Å². The highest BCUT2D eigenvalue weighted by molar-refractivity contribution is 6.30. The molecule has 3 rings (SSSR count). The Morgan fingerprint density at radius 2 is 2.05 bits per heavy atom. The minimum Gasteiger partial charge on any atom is -0.307 e. The number of likely N-dealkylation sites (tertiary alicyclic amines) is 1. The molecule has 0 spiro atoms. The van der Waals surface area contributed by atoms with Gasteiger partial charge in [0.2, 0.25) is 0 Å². The Kier molecular flexibility index (Phi) is 3.50. The third-order valence-electron chi connectivity index (χ3n) is 4.12. The molecule has 3 heterocycles. The number of rotatable bonds is 2. The molecule has 0 radical (unpaired) electrons. The maximum atomic E-state index is 6.01. The summed E-state index contributed by atoms with van der Waals surface area (Å²) >= 11 is 6.01. The number of nitrogens with zero attached hydrogens (tertiary/aromatic N) is 3. The first-order chi connectivity index (χ1) is 9.13. The van der Waals surface area contributed by atoms with Gasteiger partial charge in [0.15, 0.2) is 0 Å². The van der Waals surface area contributed by atoms with Gasteiger partial charge < -0.3 is 9.30 Å². The van der Waals surface area contributed by atoms with E-state index in [4.69, 9.17) is 16.6 Å². The minimum atomic E-state index is 0.591. The SMILES string of the molecule is CC(C)N1CCC(c2cn3ccc(Cl)cc3n2)CC1. The zero-order valence-corrected chi connectivity index (χ0v) is 12.3. The lowest BCUT2D eigenvalue weighted by molar-refractivity contribution is 0.171. The van der Waals surface area contributed by atoms with Gasteiger partial charge in [-0.25, -0.2) is 4.98 Å². The third-order valence-corrected chi connectivity index (χ3v) is 4.35. The first-order valence-corrected chi connectivity index (χ1v) is 7.39. The first kappa shape index (κ1) is 12.9. The number of hydrogen-bond donors (Lipinski definition) is 0. The van der Waals surface area contributed by atoms with Crippen LogP contribution in [0.3, 0.4) is 0 Å². The van der Waals surface area contributed by atoms with E-state index >= 15 is 0 Å². The normalized spacial score (nSPS) is 18.5. The predicted octanol–water partition coefficient (Wildman–Crippen LogP) is 3.58. The zero-order valence-electron chi connectivity index (χ0n) is 11.5. The maximum Gasteiger partial charge on any atom is 0.138 e. The topological polar surface area (TPSA) is 20.5 Å². The second kappa shape index (κ2) is 5.14. The quantitative estimate of drug-likeness (QED) is 0.836. The number of halogens is 1. The molecule has 2 aromatic heterocycles. The molecular weight excluding hydrogens is 258 g/mol. The van der Waals surface area contributed by atoms with Gasteiger partial charge in [0, 0.05) is 29.4 Å². The summed E-state index contributed by atoms with van der Waals surface area (Å²) in [4.78, 5) is 7.27. The molecule has 0 amide bonds. The molecule has 1 aliphatic rings. The lowest BCUT2D eigenvalue weighted by atomic mass is 9.93. The second-order valence-corrected chi connectivity index (χ2v) is 6.12. The van der Waals surface area contributed by atoms with Gasteiger partial charge >= 0.3 is 0 Å². The van der Waals surface area contributed by atoms with Crippen molar-refractivity contribution in [2.75, 3.05) is 13.1 Å². The summed E-state index contributed by atoms with van der Waals surface area (Å²) in [6, 6.07) is 4.48. The summed E-state index contributed by atoms with van der Waals surface area (Å²) in [5, 5.41) is 0.749. The number of imidazole rings is 1. The van der Waals surface area contributed by atoms with E-state index in [1.165, 1.54) is 31.6 Å². The lowest BCUT2D eigenvalue weighted by Gasteiger charge is -2.33. The second-order valence-electron chi connectivity index (χ2n) is 5.68. The van der Waals surface area contributed by atoms with E-state index in [0.717, 1.165) is 10.7 Å². The fourth-order valence-corrected chi connectivity index (χ4v) is 3.04. The van der Waals surface area contributed by atoms with Crippen molar-refractivity contribution in [1.29, 1.82) is 0 Å². The largest absolute Gasteiger partial charge is 0.307 e. The van der Waals surface area contributed by atoms with Crippen LogP contribution in [0.5, 0.6) is 0 Å². The van der Waals surface area contributed by atoms with Crippen LogP contribution in [0.4, 0.5) is 0 Å². The highest BCUT2D eigenvalue weighted by Crippen LogP contribution is 2.28. The molecule has 4 heteroatoms. The van der Waals surface area contributed by atoms with Gasteiger partial charge in [-0.15, -0.1) is 0 Å². The van der Waals surface area contributed by atoms with Gasteiger partial charge in [-0.3, -0.25) is 0 Å². The standard InChI is InChI=1S/C15H20ClN3/c1-11(2)18-6-3-12(4-7-18)14-10-19-8-5-13(16)9-15(19)17-14/h5,8-12H,3-4,6-7H2,1-2H3. The van der Waals surface area contributed by atoms with E-state index in [2.05, 4.69) is 29.3 Å². The van der Waals surface area contributed by atoms with E-state index in [1.807, 2.05) is 18.3 Å². The maximum absolute atomic E-state index is 6.01. The van der Waals surface area contributed by atoms with Crippen LogP contribution in [-0.2, 0) is 0 Å². The Balaban J connectivity index is 1.78. The Morgan fingerprint density at radius 1 is 1.32 bits per heavy atom. The average molecular weight is 278 g/mol. The van der Waals surface area contributed by atoms with Crippen molar-refractivity contribution in [3.05, 3.63) is 35.2 Å². The molecule has 102 valence electrons. The Hall–Kier alpha value is -1.06. The van der Waals surface area contributed by atoms with Gasteiger partial charge in [-0.05, 0) is 51.9 Å². The van der Waals surface area contributed by atoms with Crippen LogP contribution in [0.25, 0.3) is 5.65 Å². The van der Waals surface area contributed by atoms with Crippen molar-refractivity contribution >= 4 is 17.2 Å². The fraction of sp³-hybridized carbons (Fsp3) is 0.533. The summed E-state index contributed by atoms with van der Waals surface area (Å²) in [5.41, 5.74) is 2.17. The zero-order chi connectivity index (χ0) is 13.4. The number of hydrogen-bond acceptors (Lipinski definition) is 2. The van der Waals surface area contributed by atoms with Crippen LogP contribution in [0.2, 0.25) is 5.02 Å². The van der Waals surface area contributed by atoms with E-state index in [-0.39, 0.29) is 0 Å². The first-order valence-electron chi connectivity index (χ1n) is 7.01. The number of piperidine rings is 1. The molecule has 0 atom stereocenters. The molecule has 0 aromatic carbocycles. The van der Waals surface area contributed by atoms with Gasteiger partial charge in [-0.2, -0.15) is 0 Å². The van der Waals surface area contributed by atoms with Gasteiger partial charge in [0.25, 0.3) is 0 Å². The number of pyridine rings is 1. The van der Waals surface area contributed by atoms with Crippen molar-refractivity contribution < 1.29 is 0 Å². The van der Waals surface area contributed by atoms with Crippen LogP contribution in [0, 0.1) is 0 Å². The minimum absolute atomic E-state index is 0.591. The molecule has 0 unspecified atom stereocenters. The molecule has 0 N–H and O–H groups in total.